The summed E-state index contributed by atoms with van der Waals surface area (Å²) in [7, 11) is 0. The van der Waals surface area contributed by atoms with Gasteiger partial charge in [0.2, 0.25) is 5.91 Å². The van der Waals surface area contributed by atoms with Crippen LogP contribution in [0.1, 0.15) is 64.2 Å². The summed E-state index contributed by atoms with van der Waals surface area (Å²) in [5.41, 5.74) is 0. The van der Waals surface area contributed by atoms with E-state index in [9.17, 15) is 4.79 Å². The van der Waals surface area contributed by atoms with Crippen LogP contribution in [-0.2, 0) is 4.79 Å². The summed E-state index contributed by atoms with van der Waals surface area (Å²) in [4.78, 5) is 11.8. The molecule has 0 radical (unpaired) electrons. The summed E-state index contributed by atoms with van der Waals surface area (Å²) >= 11 is 0. The van der Waals surface area contributed by atoms with Crippen LogP contribution in [0.25, 0.3) is 0 Å². The van der Waals surface area contributed by atoms with Gasteiger partial charge in [0.25, 0.3) is 0 Å². The first-order valence-electron chi connectivity index (χ1n) is 7.68. The minimum Gasteiger partial charge on any atom is -0.396 e. The van der Waals surface area contributed by atoms with E-state index in [0.29, 0.717) is 25.0 Å². The summed E-state index contributed by atoms with van der Waals surface area (Å²) in [5, 5.41) is 12.2. The number of carbonyl (C=O) groups is 1. The van der Waals surface area contributed by atoms with Crippen LogP contribution in [0.4, 0.5) is 0 Å². The first-order valence-corrected chi connectivity index (χ1v) is 7.68. The van der Waals surface area contributed by atoms with E-state index in [-0.39, 0.29) is 5.91 Å². The van der Waals surface area contributed by atoms with Gasteiger partial charge in [-0.15, -0.1) is 0 Å². The molecule has 18 heavy (non-hydrogen) atoms. The molecule has 0 aliphatic heterocycles. The summed E-state index contributed by atoms with van der Waals surface area (Å²) < 4.78 is 0. The molecule has 0 spiro atoms. The Labute approximate surface area is 110 Å². The number of nitrogens with one attached hydrogen (secondary N) is 1. The summed E-state index contributed by atoms with van der Waals surface area (Å²) in [5.74, 6) is 1.62. The highest BCUT2D eigenvalue weighted by atomic mass is 16.3. The molecule has 0 heterocycles. The Morgan fingerprint density at radius 3 is 2.33 bits per heavy atom. The third-order valence-electron chi connectivity index (χ3n) is 4.71. The third kappa shape index (κ3) is 4.27. The second-order valence-electron chi connectivity index (χ2n) is 6.16. The van der Waals surface area contributed by atoms with E-state index < -0.39 is 0 Å². The molecular formula is C15H27NO2. The third-order valence-corrected chi connectivity index (χ3v) is 4.71. The zero-order valence-corrected chi connectivity index (χ0v) is 11.4. The lowest BCUT2D eigenvalue weighted by atomic mass is 9.82. The largest absolute Gasteiger partial charge is 0.396 e. The van der Waals surface area contributed by atoms with Crippen molar-refractivity contribution in [1.29, 1.82) is 0 Å². The summed E-state index contributed by atoms with van der Waals surface area (Å²) in [6, 6.07) is 0.365. The fourth-order valence-corrected chi connectivity index (χ4v) is 3.12. The number of hydrogen-bond donors (Lipinski definition) is 2. The van der Waals surface area contributed by atoms with Crippen LogP contribution < -0.4 is 5.32 Å². The van der Waals surface area contributed by atoms with Crippen molar-refractivity contribution in [3.8, 4) is 0 Å². The Balaban J connectivity index is 1.53. The second kappa shape index (κ2) is 7.13. The fourth-order valence-electron chi connectivity index (χ4n) is 3.12. The lowest BCUT2D eigenvalue weighted by Crippen LogP contribution is -2.38. The average Bonchev–Trinajstić information content (AvgIpc) is 2.33. The number of aliphatic hydroxyl groups excluding tert-OH is 1. The smallest absolute Gasteiger partial charge is 0.220 e. The van der Waals surface area contributed by atoms with Gasteiger partial charge in [-0.25, -0.2) is 0 Å². The molecule has 3 heteroatoms. The van der Waals surface area contributed by atoms with Gasteiger partial charge in [0, 0.05) is 19.1 Å². The van der Waals surface area contributed by atoms with Crippen LogP contribution in [0.5, 0.6) is 0 Å². The maximum absolute atomic E-state index is 11.8. The molecule has 0 aromatic rings. The van der Waals surface area contributed by atoms with Crippen molar-refractivity contribution >= 4 is 5.91 Å². The van der Waals surface area contributed by atoms with Crippen molar-refractivity contribution in [2.24, 2.45) is 11.8 Å². The van der Waals surface area contributed by atoms with Gasteiger partial charge >= 0.3 is 0 Å². The summed E-state index contributed by atoms with van der Waals surface area (Å²) in [6.45, 7) is 0.308. The van der Waals surface area contributed by atoms with Gasteiger partial charge in [-0.3, -0.25) is 4.79 Å². The molecule has 0 aromatic heterocycles. The van der Waals surface area contributed by atoms with Crippen LogP contribution in [0, 0.1) is 11.8 Å². The molecular weight excluding hydrogens is 226 g/mol. The Morgan fingerprint density at radius 1 is 1.06 bits per heavy atom. The van der Waals surface area contributed by atoms with Gasteiger partial charge in [-0.2, -0.15) is 0 Å². The SMILES string of the molecule is O=C(CCCC1CCC1)NC1CCC(CO)CC1. The van der Waals surface area contributed by atoms with Gasteiger partial charge in [-0.05, 0) is 50.4 Å². The van der Waals surface area contributed by atoms with E-state index in [0.717, 1.165) is 38.0 Å². The van der Waals surface area contributed by atoms with E-state index in [4.69, 9.17) is 5.11 Å². The van der Waals surface area contributed by atoms with Crippen LogP contribution in [0.3, 0.4) is 0 Å². The second-order valence-corrected chi connectivity index (χ2v) is 6.16. The number of carbonyl (C=O) groups excluding carboxylic acids is 1. The molecule has 0 atom stereocenters. The van der Waals surface area contributed by atoms with Crippen molar-refractivity contribution in [2.45, 2.75) is 70.3 Å². The highest BCUT2D eigenvalue weighted by Crippen LogP contribution is 2.30. The molecule has 2 saturated carbocycles. The van der Waals surface area contributed by atoms with Crippen LogP contribution in [-0.4, -0.2) is 23.7 Å². The van der Waals surface area contributed by atoms with Gasteiger partial charge in [0.15, 0.2) is 0 Å². The Bertz CT molecular complexity index is 255. The van der Waals surface area contributed by atoms with Crippen molar-refractivity contribution < 1.29 is 9.90 Å². The van der Waals surface area contributed by atoms with Crippen molar-refractivity contribution in [2.75, 3.05) is 6.61 Å². The highest BCUT2D eigenvalue weighted by molar-refractivity contribution is 5.76. The topological polar surface area (TPSA) is 49.3 Å². The van der Waals surface area contributed by atoms with E-state index >= 15 is 0 Å². The number of rotatable bonds is 6. The van der Waals surface area contributed by atoms with Gasteiger partial charge in [0.05, 0.1) is 0 Å². The molecule has 0 aromatic carbocycles. The zero-order valence-electron chi connectivity index (χ0n) is 11.4. The first kappa shape index (κ1) is 13.9. The van der Waals surface area contributed by atoms with Crippen LogP contribution >= 0.6 is 0 Å². The van der Waals surface area contributed by atoms with Gasteiger partial charge < -0.3 is 10.4 Å². The van der Waals surface area contributed by atoms with Gasteiger partial charge in [0.1, 0.15) is 0 Å². The molecule has 2 fully saturated rings. The summed E-state index contributed by atoms with van der Waals surface area (Å²) in [6.07, 6.45) is 11.4. The molecule has 0 bridgehead atoms. The predicted octanol–water partition coefficient (Wildman–Crippen LogP) is 2.62. The van der Waals surface area contributed by atoms with E-state index in [1.165, 1.54) is 25.7 Å². The van der Waals surface area contributed by atoms with Crippen molar-refractivity contribution in [1.82, 2.24) is 5.32 Å². The minimum atomic E-state index is 0.238. The maximum atomic E-state index is 11.8. The zero-order chi connectivity index (χ0) is 12.8. The molecule has 2 N–H and O–H groups in total. The van der Waals surface area contributed by atoms with E-state index in [1.54, 1.807) is 0 Å². The van der Waals surface area contributed by atoms with Gasteiger partial charge in [-0.1, -0.05) is 19.3 Å². The molecule has 2 aliphatic carbocycles. The Kier molecular flexibility index (Phi) is 5.48. The predicted molar refractivity (Wildman–Crippen MR) is 72.2 cm³/mol. The van der Waals surface area contributed by atoms with Crippen molar-refractivity contribution in [3.05, 3.63) is 0 Å². The molecule has 3 nitrogen and oxygen atoms in total. The Morgan fingerprint density at radius 2 is 1.78 bits per heavy atom. The lowest BCUT2D eigenvalue weighted by molar-refractivity contribution is -0.122. The molecule has 104 valence electrons. The fraction of sp³-hybridized carbons (Fsp3) is 0.933. The van der Waals surface area contributed by atoms with Crippen LogP contribution in [0.15, 0.2) is 0 Å². The number of aliphatic hydroxyl groups is 1. The van der Waals surface area contributed by atoms with Crippen LogP contribution in [0.2, 0.25) is 0 Å². The number of amides is 1. The lowest BCUT2D eigenvalue weighted by Gasteiger charge is -2.28. The monoisotopic (exact) mass is 253 g/mol. The van der Waals surface area contributed by atoms with E-state index in [2.05, 4.69) is 5.32 Å². The molecule has 2 aliphatic rings. The highest BCUT2D eigenvalue weighted by Gasteiger charge is 2.22. The number of hydrogen-bond acceptors (Lipinski definition) is 2. The molecule has 1 amide bonds. The molecule has 0 unspecified atom stereocenters. The maximum Gasteiger partial charge on any atom is 0.220 e. The Hall–Kier alpha value is -0.570. The first-order chi connectivity index (χ1) is 8.78. The average molecular weight is 253 g/mol. The molecule has 2 rings (SSSR count). The quantitative estimate of drug-likeness (QED) is 0.764. The normalized spacial score (nSPS) is 28.7. The van der Waals surface area contributed by atoms with Crippen molar-refractivity contribution in [3.63, 3.8) is 0 Å². The molecule has 0 saturated heterocycles. The standard InChI is InChI=1S/C15H27NO2/c17-11-13-7-9-14(10-8-13)16-15(18)6-2-5-12-3-1-4-12/h12-14,17H,1-11H2,(H,16,18). The minimum absolute atomic E-state index is 0.238. The van der Waals surface area contributed by atoms with E-state index in [1.807, 2.05) is 0 Å².